The second-order valence-corrected chi connectivity index (χ2v) is 3.94. The van der Waals surface area contributed by atoms with E-state index in [4.69, 9.17) is 0 Å². The van der Waals surface area contributed by atoms with Gasteiger partial charge in [-0.2, -0.15) is 0 Å². The van der Waals surface area contributed by atoms with Gasteiger partial charge in [0.25, 0.3) is 5.91 Å². The Hall–Kier alpha value is -1.91. The average molecular weight is 250 g/mol. The molecule has 0 spiro atoms. The third-order valence-corrected chi connectivity index (χ3v) is 2.57. The molecule has 0 bridgehead atoms. The van der Waals surface area contributed by atoms with Crippen LogP contribution in [0.5, 0.6) is 0 Å². The van der Waals surface area contributed by atoms with Crippen molar-refractivity contribution in [3.8, 4) is 0 Å². The highest BCUT2D eigenvalue weighted by molar-refractivity contribution is 5.96. The van der Waals surface area contributed by atoms with Gasteiger partial charge >= 0.3 is 5.97 Å². The van der Waals surface area contributed by atoms with E-state index in [2.05, 4.69) is 9.72 Å². The molecule has 1 aromatic heterocycles. The van der Waals surface area contributed by atoms with Gasteiger partial charge in [0, 0.05) is 18.4 Å². The summed E-state index contributed by atoms with van der Waals surface area (Å²) in [6.07, 6.45) is 2.42. The van der Waals surface area contributed by atoms with Crippen LogP contribution in [0.3, 0.4) is 0 Å². The van der Waals surface area contributed by atoms with Gasteiger partial charge in [0.1, 0.15) is 6.54 Å². The lowest BCUT2D eigenvalue weighted by Crippen LogP contribution is -2.37. The number of hydrogen-bond donors (Lipinski definition) is 0. The van der Waals surface area contributed by atoms with Gasteiger partial charge in [-0.1, -0.05) is 6.92 Å². The van der Waals surface area contributed by atoms with Crippen LogP contribution < -0.4 is 0 Å². The fourth-order valence-electron chi connectivity index (χ4n) is 1.62. The van der Waals surface area contributed by atoms with E-state index < -0.39 is 5.97 Å². The first-order chi connectivity index (χ1) is 8.60. The Bertz CT molecular complexity index is 432. The van der Waals surface area contributed by atoms with E-state index in [1.807, 2.05) is 6.92 Å². The van der Waals surface area contributed by atoms with Gasteiger partial charge in [-0.15, -0.1) is 0 Å². The normalized spacial score (nSPS) is 9.94. The molecule has 0 aliphatic heterocycles. The van der Waals surface area contributed by atoms with Crippen LogP contribution in [-0.4, -0.2) is 42.0 Å². The van der Waals surface area contributed by atoms with Gasteiger partial charge in [0.15, 0.2) is 0 Å². The minimum absolute atomic E-state index is 0.0303. The van der Waals surface area contributed by atoms with Crippen molar-refractivity contribution in [3.63, 3.8) is 0 Å². The number of rotatable bonds is 5. The highest BCUT2D eigenvalue weighted by Crippen LogP contribution is 2.09. The first-order valence-electron chi connectivity index (χ1n) is 5.87. The molecule has 0 N–H and O–H groups in total. The lowest BCUT2D eigenvalue weighted by molar-refractivity contribution is -0.141. The zero-order valence-corrected chi connectivity index (χ0v) is 11.0. The van der Waals surface area contributed by atoms with Crippen molar-refractivity contribution in [1.29, 1.82) is 0 Å². The molecule has 18 heavy (non-hydrogen) atoms. The summed E-state index contributed by atoms with van der Waals surface area (Å²) in [5, 5.41) is 0. The molecule has 0 aromatic carbocycles. The fourth-order valence-corrected chi connectivity index (χ4v) is 1.62. The number of ether oxygens (including phenoxy) is 1. The number of aryl methyl sites for hydroxylation is 1. The third kappa shape index (κ3) is 3.55. The standard InChI is InChI=1S/C13H18N2O3/c1-4-8-15(9-12(16)18-3)13(17)11-6-5-7-14-10(11)2/h5-7H,4,8-9H2,1-3H3. The maximum atomic E-state index is 12.3. The molecule has 0 aliphatic carbocycles. The van der Waals surface area contributed by atoms with Crippen LogP contribution >= 0.6 is 0 Å². The minimum atomic E-state index is -0.418. The molecule has 0 atom stereocenters. The molecule has 98 valence electrons. The first kappa shape index (κ1) is 14.2. The Labute approximate surface area is 107 Å². The van der Waals surface area contributed by atoms with Gasteiger partial charge in [-0.05, 0) is 25.5 Å². The van der Waals surface area contributed by atoms with E-state index in [1.165, 1.54) is 12.0 Å². The Balaban J connectivity index is 2.89. The van der Waals surface area contributed by atoms with Crippen molar-refractivity contribution in [3.05, 3.63) is 29.6 Å². The van der Waals surface area contributed by atoms with Crippen molar-refractivity contribution in [2.45, 2.75) is 20.3 Å². The van der Waals surface area contributed by atoms with Crippen molar-refractivity contribution < 1.29 is 14.3 Å². The van der Waals surface area contributed by atoms with E-state index in [9.17, 15) is 9.59 Å². The summed E-state index contributed by atoms with van der Waals surface area (Å²) >= 11 is 0. The summed E-state index contributed by atoms with van der Waals surface area (Å²) in [5.41, 5.74) is 1.18. The Morgan fingerprint density at radius 1 is 1.44 bits per heavy atom. The lowest BCUT2D eigenvalue weighted by atomic mass is 10.1. The van der Waals surface area contributed by atoms with E-state index in [-0.39, 0.29) is 12.5 Å². The predicted molar refractivity (Wildman–Crippen MR) is 67.2 cm³/mol. The molecule has 0 aliphatic rings. The SMILES string of the molecule is CCCN(CC(=O)OC)C(=O)c1cccnc1C. The fraction of sp³-hybridized carbons (Fsp3) is 0.462. The number of pyridine rings is 1. The van der Waals surface area contributed by atoms with Gasteiger partial charge in [-0.3, -0.25) is 14.6 Å². The average Bonchev–Trinajstić information content (AvgIpc) is 2.38. The molecule has 0 saturated carbocycles. The zero-order valence-electron chi connectivity index (χ0n) is 11.0. The van der Waals surface area contributed by atoms with Gasteiger partial charge < -0.3 is 9.64 Å². The predicted octanol–water partition coefficient (Wildman–Crippen LogP) is 1.42. The third-order valence-electron chi connectivity index (χ3n) is 2.57. The number of carbonyl (C=O) groups is 2. The molecular formula is C13H18N2O3. The van der Waals surface area contributed by atoms with Crippen molar-refractivity contribution in [2.75, 3.05) is 20.2 Å². The Morgan fingerprint density at radius 2 is 2.17 bits per heavy atom. The van der Waals surface area contributed by atoms with Crippen LogP contribution in [-0.2, 0) is 9.53 Å². The lowest BCUT2D eigenvalue weighted by Gasteiger charge is -2.21. The molecule has 1 amide bonds. The molecule has 1 heterocycles. The quantitative estimate of drug-likeness (QED) is 0.741. The van der Waals surface area contributed by atoms with Crippen molar-refractivity contribution in [2.24, 2.45) is 0 Å². The number of nitrogens with zero attached hydrogens (tertiary/aromatic N) is 2. The molecular weight excluding hydrogens is 232 g/mol. The van der Waals surface area contributed by atoms with E-state index in [0.29, 0.717) is 17.8 Å². The number of hydrogen-bond acceptors (Lipinski definition) is 4. The largest absolute Gasteiger partial charge is 0.468 e. The van der Waals surface area contributed by atoms with E-state index in [1.54, 1.807) is 25.3 Å². The van der Waals surface area contributed by atoms with Crippen LogP contribution in [0, 0.1) is 6.92 Å². The van der Waals surface area contributed by atoms with Crippen molar-refractivity contribution >= 4 is 11.9 Å². The van der Waals surface area contributed by atoms with Crippen LogP contribution in [0.2, 0.25) is 0 Å². The van der Waals surface area contributed by atoms with Gasteiger partial charge in [0.05, 0.1) is 12.7 Å². The minimum Gasteiger partial charge on any atom is -0.468 e. The monoisotopic (exact) mass is 250 g/mol. The summed E-state index contributed by atoms with van der Waals surface area (Å²) in [4.78, 5) is 29.1. The van der Waals surface area contributed by atoms with Crippen LogP contribution in [0.25, 0.3) is 0 Å². The van der Waals surface area contributed by atoms with Crippen molar-refractivity contribution in [1.82, 2.24) is 9.88 Å². The van der Waals surface area contributed by atoms with Gasteiger partial charge in [-0.25, -0.2) is 0 Å². The number of amides is 1. The number of aromatic nitrogens is 1. The molecule has 0 fully saturated rings. The second kappa shape index (κ2) is 6.74. The number of carbonyl (C=O) groups excluding carboxylic acids is 2. The summed E-state index contributed by atoms with van der Waals surface area (Å²) in [6, 6.07) is 3.42. The van der Waals surface area contributed by atoms with Gasteiger partial charge in [0.2, 0.25) is 0 Å². The smallest absolute Gasteiger partial charge is 0.325 e. The Morgan fingerprint density at radius 3 is 2.72 bits per heavy atom. The number of esters is 1. The molecule has 0 saturated heterocycles. The maximum absolute atomic E-state index is 12.3. The molecule has 0 radical (unpaired) electrons. The van der Waals surface area contributed by atoms with E-state index in [0.717, 1.165) is 6.42 Å². The second-order valence-electron chi connectivity index (χ2n) is 3.94. The zero-order chi connectivity index (χ0) is 13.5. The molecule has 0 unspecified atom stereocenters. The van der Waals surface area contributed by atoms with Crippen LogP contribution in [0.4, 0.5) is 0 Å². The summed E-state index contributed by atoms with van der Waals surface area (Å²) < 4.78 is 4.59. The molecule has 5 heteroatoms. The number of methoxy groups -OCH3 is 1. The highest BCUT2D eigenvalue weighted by atomic mass is 16.5. The summed E-state index contributed by atoms with van der Waals surface area (Å²) in [5.74, 6) is -0.605. The van der Waals surface area contributed by atoms with Crippen LogP contribution in [0.15, 0.2) is 18.3 Å². The summed E-state index contributed by atoms with van der Waals surface area (Å²) in [6.45, 7) is 4.21. The highest BCUT2D eigenvalue weighted by Gasteiger charge is 2.20. The maximum Gasteiger partial charge on any atom is 0.325 e. The molecule has 1 rings (SSSR count). The van der Waals surface area contributed by atoms with E-state index >= 15 is 0 Å². The van der Waals surface area contributed by atoms with Crippen LogP contribution in [0.1, 0.15) is 29.4 Å². The first-order valence-corrected chi connectivity index (χ1v) is 5.87. The molecule has 5 nitrogen and oxygen atoms in total. The summed E-state index contributed by atoms with van der Waals surface area (Å²) in [7, 11) is 1.31. The topological polar surface area (TPSA) is 59.5 Å². The molecule has 1 aromatic rings. The Kier molecular flexibility index (Phi) is 5.30.